The summed E-state index contributed by atoms with van der Waals surface area (Å²) in [4.78, 5) is 13.6. The molecule has 3 nitrogen and oxygen atoms in total. The van der Waals surface area contributed by atoms with Crippen LogP contribution in [0.15, 0.2) is 16.4 Å². The molecule has 13 heavy (non-hydrogen) atoms. The highest BCUT2D eigenvalue weighted by atomic mass is 32.1. The molecule has 0 amide bonds. The van der Waals surface area contributed by atoms with E-state index in [4.69, 9.17) is 0 Å². The molecule has 4 heteroatoms. The minimum atomic E-state index is 0.145. The Morgan fingerprint density at radius 2 is 2.46 bits per heavy atom. The summed E-state index contributed by atoms with van der Waals surface area (Å²) in [5, 5.41) is 1.84. The van der Waals surface area contributed by atoms with E-state index >= 15 is 0 Å². The molecule has 1 saturated carbocycles. The normalized spacial score (nSPS) is 17.7. The van der Waals surface area contributed by atoms with Gasteiger partial charge in [-0.15, -0.1) is 0 Å². The Bertz CT molecular complexity index is 326. The molecule has 0 unspecified atom stereocenters. The van der Waals surface area contributed by atoms with Gasteiger partial charge < -0.3 is 0 Å². The molecule has 0 bridgehead atoms. The number of nitrogens with zero attached hydrogens (tertiary/aromatic N) is 2. The van der Waals surface area contributed by atoms with Crippen molar-refractivity contribution in [2.75, 3.05) is 7.05 Å². The Labute approximate surface area is 81.6 Å². The summed E-state index contributed by atoms with van der Waals surface area (Å²) >= 11 is 1.26. The minimum Gasteiger partial charge on any atom is -0.292 e. The molecule has 0 N–H and O–H groups in total. The van der Waals surface area contributed by atoms with Crippen LogP contribution in [-0.2, 0) is 6.67 Å². The highest BCUT2D eigenvalue weighted by molar-refractivity contribution is 7.07. The third kappa shape index (κ3) is 1.84. The first-order valence-corrected chi connectivity index (χ1v) is 5.49. The van der Waals surface area contributed by atoms with Gasteiger partial charge in [0, 0.05) is 17.6 Å². The fraction of sp³-hybridized carbons (Fsp3) is 0.667. The molecule has 0 saturated heterocycles. The standard InChI is InChI=1S/C9H14N2OS/c1-10(8-3-2-4-8)7-11-5-6-13-9(11)12/h5-6,8H,2-4,7H2,1H3. The highest BCUT2D eigenvalue weighted by Gasteiger charge is 2.21. The van der Waals surface area contributed by atoms with Gasteiger partial charge in [0.15, 0.2) is 0 Å². The molecule has 1 aromatic rings. The van der Waals surface area contributed by atoms with E-state index in [2.05, 4.69) is 11.9 Å². The maximum absolute atomic E-state index is 11.2. The van der Waals surface area contributed by atoms with Crippen molar-refractivity contribution < 1.29 is 0 Å². The van der Waals surface area contributed by atoms with Gasteiger partial charge in [0.1, 0.15) is 0 Å². The third-order valence-electron chi connectivity index (χ3n) is 2.72. The molecular weight excluding hydrogens is 184 g/mol. The lowest BCUT2D eigenvalue weighted by Crippen LogP contribution is -2.39. The third-order valence-corrected chi connectivity index (χ3v) is 3.41. The molecule has 0 radical (unpaired) electrons. The van der Waals surface area contributed by atoms with Gasteiger partial charge in [-0.25, -0.2) is 0 Å². The topological polar surface area (TPSA) is 25.2 Å². The van der Waals surface area contributed by atoms with Crippen molar-refractivity contribution in [3.63, 3.8) is 0 Å². The molecule has 0 aliphatic heterocycles. The quantitative estimate of drug-likeness (QED) is 0.732. The van der Waals surface area contributed by atoms with Crippen molar-refractivity contribution in [3.8, 4) is 0 Å². The number of rotatable bonds is 3. The summed E-state index contributed by atoms with van der Waals surface area (Å²) in [6.07, 6.45) is 5.78. The molecule has 72 valence electrons. The summed E-state index contributed by atoms with van der Waals surface area (Å²) in [6.45, 7) is 0.743. The fourth-order valence-corrected chi connectivity index (χ4v) is 2.16. The average molecular weight is 198 g/mol. The Balaban J connectivity index is 1.97. The van der Waals surface area contributed by atoms with E-state index in [9.17, 15) is 4.79 Å². The fourth-order valence-electron chi connectivity index (χ4n) is 1.58. The van der Waals surface area contributed by atoms with Gasteiger partial charge in [-0.2, -0.15) is 0 Å². The van der Waals surface area contributed by atoms with E-state index in [1.165, 1.54) is 30.6 Å². The van der Waals surface area contributed by atoms with Crippen LogP contribution in [-0.4, -0.2) is 22.6 Å². The van der Waals surface area contributed by atoms with E-state index in [1.807, 2.05) is 11.6 Å². The Morgan fingerprint density at radius 3 is 2.92 bits per heavy atom. The summed E-state index contributed by atoms with van der Waals surface area (Å²) in [6, 6.07) is 0.701. The lowest BCUT2D eigenvalue weighted by atomic mass is 9.92. The predicted molar refractivity (Wildman–Crippen MR) is 54.0 cm³/mol. The Hall–Kier alpha value is -0.610. The Kier molecular flexibility index (Phi) is 2.51. The zero-order chi connectivity index (χ0) is 9.26. The largest absolute Gasteiger partial charge is 0.308 e. The SMILES string of the molecule is CN(Cn1ccsc1=O)C1CCC1. The minimum absolute atomic E-state index is 0.145. The van der Waals surface area contributed by atoms with Crippen LogP contribution in [0.25, 0.3) is 0 Å². The van der Waals surface area contributed by atoms with Crippen LogP contribution >= 0.6 is 11.3 Å². The summed E-state index contributed by atoms with van der Waals surface area (Å²) in [7, 11) is 2.09. The van der Waals surface area contributed by atoms with Crippen molar-refractivity contribution in [2.45, 2.75) is 32.0 Å². The van der Waals surface area contributed by atoms with Gasteiger partial charge in [0.25, 0.3) is 0 Å². The van der Waals surface area contributed by atoms with Crippen LogP contribution in [0.3, 0.4) is 0 Å². The van der Waals surface area contributed by atoms with Crippen LogP contribution in [0.2, 0.25) is 0 Å². The first-order chi connectivity index (χ1) is 6.27. The molecule has 0 atom stereocenters. The first kappa shape index (κ1) is 8.97. The molecule has 1 aliphatic carbocycles. The van der Waals surface area contributed by atoms with Crippen LogP contribution < -0.4 is 4.87 Å². The van der Waals surface area contributed by atoms with Crippen molar-refractivity contribution in [3.05, 3.63) is 21.2 Å². The van der Waals surface area contributed by atoms with Crippen molar-refractivity contribution in [2.24, 2.45) is 0 Å². The second-order valence-corrected chi connectivity index (χ2v) is 4.48. The van der Waals surface area contributed by atoms with E-state index < -0.39 is 0 Å². The van der Waals surface area contributed by atoms with Crippen LogP contribution in [0.4, 0.5) is 0 Å². The van der Waals surface area contributed by atoms with Crippen LogP contribution in [0, 0.1) is 0 Å². The van der Waals surface area contributed by atoms with E-state index in [1.54, 1.807) is 4.57 Å². The average Bonchev–Trinajstić information content (AvgIpc) is 2.32. The number of hydrogen-bond acceptors (Lipinski definition) is 3. The van der Waals surface area contributed by atoms with E-state index in [0.717, 1.165) is 6.67 Å². The second-order valence-electron chi connectivity index (χ2n) is 3.62. The molecule has 1 heterocycles. The van der Waals surface area contributed by atoms with Gasteiger partial charge in [-0.1, -0.05) is 17.8 Å². The zero-order valence-corrected chi connectivity index (χ0v) is 8.59. The molecule has 1 fully saturated rings. The summed E-state index contributed by atoms with van der Waals surface area (Å²) < 4.78 is 1.77. The second kappa shape index (κ2) is 3.64. The lowest BCUT2D eigenvalue weighted by Gasteiger charge is -2.34. The molecule has 2 rings (SSSR count). The van der Waals surface area contributed by atoms with E-state index in [0.29, 0.717) is 6.04 Å². The van der Waals surface area contributed by atoms with Crippen LogP contribution in [0.5, 0.6) is 0 Å². The monoisotopic (exact) mass is 198 g/mol. The molecule has 0 spiro atoms. The van der Waals surface area contributed by atoms with Gasteiger partial charge in [0.05, 0.1) is 6.67 Å². The maximum Gasteiger partial charge on any atom is 0.308 e. The van der Waals surface area contributed by atoms with E-state index in [-0.39, 0.29) is 4.87 Å². The van der Waals surface area contributed by atoms with Gasteiger partial charge in [-0.05, 0) is 19.9 Å². The van der Waals surface area contributed by atoms with Gasteiger partial charge in [-0.3, -0.25) is 14.3 Å². The molecule has 1 aromatic heterocycles. The number of thiazole rings is 1. The van der Waals surface area contributed by atoms with Crippen LogP contribution in [0.1, 0.15) is 19.3 Å². The number of hydrogen-bond donors (Lipinski definition) is 0. The summed E-state index contributed by atoms with van der Waals surface area (Å²) in [5.74, 6) is 0. The maximum atomic E-state index is 11.2. The Morgan fingerprint density at radius 1 is 1.69 bits per heavy atom. The lowest BCUT2D eigenvalue weighted by molar-refractivity contribution is 0.124. The number of aromatic nitrogens is 1. The smallest absolute Gasteiger partial charge is 0.292 e. The van der Waals surface area contributed by atoms with Gasteiger partial charge in [0.2, 0.25) is 0 Å². The van der Waals surface area contributed by atoms with Crippen molar-refractivity contribution in [1.82, 2.24) is 9.47 Å². The summed E-state index contributed by atoms with van der Waals surface area (Å²) in [5.41, 5.74) is 0. The molecule has 0 aromatic carbocycles. The molecule has 1 aliphatic rings. The van der Waals surface area contributed by atoms with Crippen molar-refractivity contribution in [1.29, 1.82) is 0 Å². The van der Waals surface area contributed by atoms with Gasteiger partial charge >= 0.3 is 4.87 Å². The highest BCUT2D eigenvalue weighted by Crippen LogP contribution is 2.23. The first-order valence-electron chi connectivity index (χ1n) is 4.61. The molecular formula is C9H14N2OS. The zero-order valence-electron chi connectivity index (χ0n) is 7.77. The predicted octanol–water partition coefficient (Wildman–Crippen LogP) is 1.35. The van der Waals surface area contributed by atoms with Crippen molar-refractivity contribution >= 4 is 11.3 Å².